The van der Waals surface area contributed by atoms with Gasteiger partial charge in [-0.05, 0) is 23.6 Å². The van der Waals surface area contributed by atoms with Gasteiger partial charge in [0.15, 0.2) is 0 Å². The van der Waals surface area contributed by atoms with Gasteiger partial charge in [-0.3, -0.25) is 9.59 Å². The normalized spacial score (nSPS) is 14.1. The fraction of sp³-hybridized carbons (Fsp3) is 0.467. The second-order valence-electron chi connectivity index (χ2n) is 5.35. The zero-order valence-electron chi connectivity index (χ0n) is 11.9. The van der Waals surface area contributed by atoms with Crippen molar-refractivity contribution in [1.82, 2.24) is 5.32 Å². The van der Waals surface area contributed by atoms with Gasteiger partial charge in [-0.15, -0.1) is 0 Å². The van der Waals surface area contributed by atoms with E-state index in [9.17, 15) is 9.59 Å². The third-order valence-corrected chi connectivity index (χ3v) is 2.98. The molecular weight excluding hydrogens is 256 g/mol. The lowest BCUT2D eigenvalue weighted by Crippen LogP contribution is -2.28. The number of anilines is 1. The Labute approximate surface area is 118 Å². The quantitative estimate of drug-likeness (QED) is 0.880. The maximum Gasteiger partial charge on any atom is 0.227 e. The molecule has 1 aliphatic rings. The number of hydrogen-bond acceptors (Lipinski definition) is 3. The Balaban J connectivity index is 2.03. The molecule has 0 radical (unpaired) electrons. The highest BCUT2D eigenvalue weighted by Crippen LogP contribution is 2.28. The van der Waals surface area contributed by atoms with E-state index in [0.29, 0.717) is 43.3 Å². The molecule has 1 aromatic rings. The average Bonchev–Trinajstić information content (AvgIpc) is 2.56. The minimum atomic E-state index is -0.0647. The van der Waals surface area contributed by atoms with Crippen molar-refractivity contribution < 1.29 is 14.3 Å². The molecule has 0 saturated carbocycles. The van der Waals surface area contributed by atoms with Crippen LogP contribution in [0.5, 0.6) is 5.75 Å². The molecule has 0 bridgehead atoms. The number of carbonyl (C=O) groups is 2. The summed E-state index contributed by atoms with van der Waals surface area (Å²) < 4.78 is 5.47. The fourth-order valence-corrected chi connectivity index (χ4v) is 1.94. The second kappa shape index (κ2) is 6.41. The summed E-state index contributed by atoms with van der Waals surface area (Å²) >= 11 is 0. The first kappa shape index (κ1) is 14.4. The molecule has 0 saturated heterocycles. The Morgan fingerprint density at radius 3 is 3.00 bits per heavy atom. The van der Waals surface area contributed by atoms with Crippen molar-refractivity contribution in [3.05, 3.63) is 23.8 Å². The molecule has 1 aliphatic heterocycles. The summed E-state index contributed by atoms with van der Waals surface area (Å²) in [5.41, 5.74) is 1.50. The van der Waals surface area contributed by atoms with Gasteiger partial charge in [-0.2, -0.15) is 0 Å². The molecule has 1 aromatic carbocycles. The van der Waals surface area contributed by atoms with Crippen molar-refractivity contribution in [1.29, 1.82) is 0 Å². The minimum absolute atomic E-state index is 0.0143. The van der Waals surface area contributed by atoms with E-state index >= 15 is 0 Å². The molecule has 0 spiro atoms. The SMILES string of the molecule is CC(C)CNC(=O)Cc1ccc2c(c1)NC(=O)CCO2. The van der Waals surface area contributed by atoms with E-state index in [4.69, 9.17) is 4.74 Å². The van der Waals surface area contributed by atoms with E-state index in [2.05, 4.69) is 24.5 Å². The Hall–Kier alpha value is -2.04. The smallest absolute Gasteiger partial charge is 0.227 e. The Morgan fingerprint density at radius 1 is 1.45 bits per heavy atom. The summed E-state index contributed by atoms with van der Waals surface area (Å²) in [5.74, 6) is 1.01. The highest BCUT2D eigenvalue weighted by atomic mass is 16.5. The van der Waals surface area contributed by atoms with Crippen molar-refractivity contribution in [2.45, 2.75) is 26.7 Å². The minimum Gasteiger partial charge on any atom is -0.491 e. The van der Waals surface area contributed by atoms with Crippen LogP contribution in [0.3, 0.4) is 0 Å². The average molecular weight is 276 g/mol. The first-order valence-corrected chi connectivity index (χ1v) is 6.87. The summed E-state index contributed by atoms with van der Waals surface area (Å²) in [6, 6.07) is 5.45. The van der Waals surface area contributed by atoms with Crippen molar-refractivity contribution in [3.8, 4) is 5.75 Å². The predicted molar refractivity (Wildman–Crippen MR) is 76.7 cm³/mol. The molecule has 0 fully saturated rings. The molecule has 1 heterocycles. The molecule has 0 unspecified atom stereocenters. The molecule has 2 rings (SSSR count). The summed E-state index contributed by atoms with van der Waals surface area (Å²) in [4.78, 5) is 23.3. The summed E-state index contributed by atoms with van der Waals surface area (Å²) in [6.07, 6.45) is 0.648. The lowest BCUT2D eigenvalue weighted by molar-refractivity contribution is -0.120. The standard InChI is InChI=1S/C15H20N2O3/c1-10(2)9-16-15(19)8-11-3-4-13-12(7-11)17-14(18)5-6-20-13/h3-4,7,10H,5-6,8-9H2,1-2H3,(H,16,19)(H,17,18). The Bertz CT molecular complexity index is 512. The maximum atomic E-state index is 11.8. The predicted octanol–water partition coefficient (Wildman–Crippen LogP) is 1.72. The second-order valence-corrected chi connectivity index (χ2v) is 5.35. The van der Waals surface area contributed by atoms with Crippen molar-refractivity contribution in [2.75, 3.05) is 18.5 Å². The van der Waals surface area contributed by atoms with E-state index in [1.165, 1.54) is 0 Å². The zero-order chi connectivity index (χ0) is 14.5. The number of hydrogen-bond donors (Lipinski definition) is 2. The van der Waals surface area contributed by atoms with E-state index in [1.807, 2.05) is 6.07 Å². The van der Waals surface area contributed by atoms with Crippen LogP contribution in [-0.4, -0.2) is 25.0 Å². The molecule has 5 heteroatoms. The summed E-state index contributed by atoms with van der Waals surface area (Å²) in [6.45, 7) is 5.15. The maximum absolute atomic E-state index is 11.8. The number of amides is 2. The zero-order valence-corrected chi connectivity index (χ0v) is 11.9. The molecular formula is C15H20N2O3. The van der Waals surface area contributed by atoms with Gasteiger partial charge in [-0.25, -0.2) is 0 Å². The van der Waals surface area contributed by atoms with Gasteiger partial charge in [0.05, 0.1) is 25.1 Å². The van der Waals surface area contributed by atoms with E-state index in [1.54, 1.807) is 12.1 Å². The summed E-state index contributed by atoms with van der Waals surface area (Å²) in [7, 11) is 0. The number of carbonyl (C=O) groups excluding carboxylic acids is 2. The van der Waals surface area contributed by atoms with Crippen LogP contribution < -0.4 is 15.4 Å². The van der Waals surface area contributed by atoms with Crippen molar-refractivity contribution in [2.24, 2.45) is 5.92 Å². The van der Waals surface area contributed by atoms with E-state index in [-0.39, 0.29) is 11.8 Å². The first-order valence-electron chi connectivity index (χ1n) is 6.87. The molecule has 20 heavy (non-hydrogen) atoms. The van der Waals surface area contributed by atoms with Gasteiger partial charge in [0.25, 0.3) is 0 Å². The highest BCUT2D eigenvalue weighted by molar-refractivity contribution is 5.93. The van der Waals surface area contributed by atoms with Crippen LogP contribution in [-0.2, 0) is 16.0 Å². The van der Waals surface area contributed by atoms with Gasteiger partial charge in [0.1, 0.15) is 5.75 Å². The van der Waals surface area contributed by atoms with Crippen LogP contribution in [0, 0.1) is 5.92 Å². The number of nitrogens with one attached hydrogen (secondary N) is 2. The van der Waals surface area contributed by atoms with Crippen LogP contribution in [0.2, 0.25) is 0 Å². The largest absolute Gasteiger partial charge is 0.491 e. The van der Waals surface area contributed by atoms with E-state index in [0.717, 1.165) is 5.56 Å². The van der Waals surface area contributed by atoms with Gasteiger partial charge < -0.3 is 15.4 Å². The number of ether oxygens (including phenoxy) is 1. The molecule has 2 amide bonds. The molecule has 2 N–H and O–H groups in total. The van der Waals surface area contributed by atoms with Crippen LogP contribution >= 0.6 is 0 Å². The fourth-order valence-electron chi connectivity index (χ4n) is 1.94. The number of rotatable bonds is 4. The third-order valence-electron chi connectivity index (χ3n) is 2.98. The third kappa shape index (κ3) is 3.98. The molecule has 108 valence electrons. The number of benzene rings is 1. The van der Waals surface area contributed by atoms with Gasteiger partial charge in [0, 0.05) is 6.54 Å². The van der Waals surface area contributed by atoms with Crippen LogP contribution in [0.4, 0.5) is 5.69 Å². The topological polar surface area (TPSA) is 67.4 Å². The number of fused-ring (bicyclic) bond motifs is 1. The van der Waals surface area contributed by atoms with Crippen LogP contribution in [0.25, 0.3) is 0 Å². The van der Waals surface area contributed by atoms with Crippen LogP contribution in [0.15, 0.2) is 18.2 Å². The van der Waals surface area contributed by atoms with E-state index < -0.39 is 0 Å². The van der Waals surface area contributed by atoms with Gasteiger partial charge >= 0.3 is 0 Å². The monoisotopic (exact) mass is 276 g/mol. The van der Waals surface area contributed by atoms with Crippen molar-refractivity contribution >= 4 is 17.5 Å². The molecule has 0 aromatic heterocycles. The van der Waals surface area contributed by atoms with Crippen molar-refractivity contribution in [3.63, 3.8) is 0 Å². The Kier molecular flexibility index (Phi) is 4.61. The van der Waals surface area contributed by atoms with Gasteiger partial charge in [0.2, 0.25) is 11.8 Å². The molecule has 0 aliphatic carbocycles. The van der Waals surface area contributed by atoms with Crippen LogP contribution in [0.1, 0.15) is 25.8 Å². The highest BCUT2D eigenvalue weighted by Gasteiger charge is 2.14. The lowest BCUT2D eigenvalue weighted by Gasteiger charge is -2.10. The molecule has 5 nitrogen and oxygen atoms in total. The van der Waals surface area contributed by atoms with Gasteiger partial charge in [-0.1, -0.05) is 19.9 Å². The first-order chi connectivity index (χ1) is 9.54. The Morgan fingerprint density at radius 2 is 2.25 bits per heavy atom. The lowest BCUT2D eigenvalue weighted by atomic mass is 10.1. The summed E-state index contributed by atoms with van der Waals surface area (Å²) in [5, 5.41) is 5.66. The molecule has 0 atom stereocenters.